The quantitative estimate of drug-likeness (QED) is 0.807. The number of benzene rings is 1. The molecule has 0 saturated carbocycles. The molecule has 0 spiro atoms. The number of para-hydroxylation sites is 1. The van der Waals surface area contributed by atoms with Crippen LogP contribution in [0.4, 0.5) is 5.69 Å². The Morgan fingerprint density at radius 2 is 1.50 bits per heavy atom. The maximum Gasteiger partial charge on any atom is 0.0367 e. The van der Waals surface area contributed by atoms with Crippen LogP contribution in [0, 0.1) is 0 Å². The van der Waals surface area contributed by atoms with E-state index in [1.807, 2.05) is 0 Å². The third-order valence-electron chi connectivity index (χ3n) is 4.05. The van der Waals surface area contributed by atoms with E-state index in [1.165, 1.54) is 17.0 Å². The molecule has 0 aromatic heterocycles. The number of piperazine rings is 1. The molecule has 1 aromatic carbocycles. The number of anilines is 1. The van der Waals surface area contributed by atoms with Crippen LogP contribution in [-0.4, -0.2) is 31.1 Å². The van der Waals surface area contributed by atoms with Crippen molar-refractivity contribution in [3.63, 3.8) is 0 Å². The first-order valence-corrected chi connectivity index (χ1v) is 7.43. The smallest absolute Gasteiger partial charge is 0.0367 e. The van der Waals surface area contributed by atoms with Crippen molar-refractivity contribution in [2.24, 2.45) is 0 Å². The standard InChI is InChI=1S/C18H22N2/c1-16-6-5-9-18(11-10-16)20-14-12-19(13-15-20)17-7-3-2-4-8-17/h2-4,6-11H,5,12-15H2,1H3. The van der Waals surface area contributed by atoms with Crippen LogP contribution in [-0.2, 0) is 0 Å². The first kappa shape index (κ1) is 13.0. The summed E-state index contributed by atoms with van der Waals surface area (Å²) in [6.45, 7) is 6.57. The van der Waals surface area contributed by atoms with Gasteiger partial charge < -0.3 is 9.80 Å². The Bertz CT molecular complexity index is 532. The summed E-state index contributed by atoms with van der Waals surface area (Å²) in [5.41, 5.74) is 4.08. The van der Waals surface area contributed by atoms with Crippen LogP contribution >= 0.6 is 0 Å². The van der Waals surface area contributed by atoms with Gasteiger partial charge in [0, 0.05) is 37.6 Å². The van der Waals surface area contributed by atoms with Crippen LogP contribution < -0.4 is 4.90 Å². The topological polar surface area (TPSA) is 6.48 Å². The van der Waals surface area contributed by atoms with Gasteiger partial charge in [0.15, 0.2) is 0 Å². The Morgan fingerprint density at radius 1 is 0.800 bits per heavy atom. The van der Waals surface area contributed by atoms with Gasteiger partial charge in [-0.1, -0.05) is 42.0 Å². The van der Waals surface area contributed by atoms with E-state index < -0.39 is 0 Å². The van der Waals surface area contributed by atoms with E-state index in [9.17, 15) is 0 Å². The monoisotopic (exact) mass is 266 g/mol. The van der Waals surface area contributed by atoms with Crippen molar-refractivity contribution >= 4 is 5.69 Å². The Labute approximate surface area is 121 Å². The maximum atomic E-state index is 2.50. The zero-order chi connectivity index (χ0) is 13.8. The van der Waals surface area contributed by atoms with Crippen molar-refractivity contribution in [3.05, 3.63) is 65.9 Å². The van der Waals surface area contributed by atoms with Gasteiger partial charge in [0.25, 0.3) is 0 Å². The molecule has 1 aromatic rings. The average molecular weight is 266 g/mol. The SMILES string of the molecule is CC1=CCC=C(N2CCN(c3ccccc3)CC2)C=C1. The van der Waals surface area contributed by atoms with Gasteiger partial charge in [-0.3, -0.25) is 0 Å². The third kappa shape index (κ3) is 2.96. The van der Waals surface area contributed by atoms with E-state index in [0.29, 0.717) is 0 Å². The molecule has 1 aliphatic carbocycles. The average Bonchev–Trinajstić information content (AvgIpc) is 2.73. The maximum absolute atomic E-state index is 2.50. The minimum atomic E-state index is 1.05. The van der Waals surface area contributed by atoms with Crippen LogP contribution in [0.2, 0.25) is 0 Å². The van der Waals surface area contributed by atoms with Gasteiger partial charge in [0.05, 0.1) is 0 Å². The zero-order valence-electron chi connectivity index (χ0n) is 12.1. The second-order valence-electron chi connectivity index (χ2n) is 5.46. The zero-order valence-corrected chi connectivity index (χ0v) is 12.1. The van der Waals surface area contributed by atoms with Crippen molar-refractivity contribution in [2.75, 3.05) is 31.1 Å². The van der Waals surface area contributed by atoms with Crippen molar-refractivity contribution in [2.45, 2.75) is 13.3 Å². The molecule has 0 atom stereocenters. The van der Waals surface area contributed by atoms with Crippen molar-refractivity contribution < 1.29 is 0 Å². The number of hydrogen-bond donors (Lipinski definition) is 0. The molecule has 3 rings (SSSR count). The van der Waals surface area contributed by atoms with E-state index in [1.54, 1.807) is 0 Å². The Balaban J connectivity index is 1.62. The molecular weight excluding hydrogens is 244 g/mol. The highest BCUT2D eigenvalue weighted by molar-refractivity contribution is 5.46. The number of hydrogen-bond acceptors (Lipinski definition) is 2. The molecule has 0 bridgehead atoms. The van der Waals surface area contributed by atoms with Gasteiger partial charge >= 0.3 is 0 Å². The van der Waals surface area contributed by atoms with E-state index in [2.05, 4.69) is 71.4 Å². The highest BCUT2D eigenvalue weighted by Crippen LogP contribution is 2.20. The van der Waals surface area contributed by atoms with Crippen LogP contribution in [0.1, 0.15) is 13.3 Å². The van der Waals surface area contributed by atoms with E-state index in [-0.39, 0.29) is 0 Å². The molecule has 2 aliphatic rings. The van der Waals surface area contributed by atoms with Gasteiger partial charge in [0.1, 0.15) is 0 Å². The van der Waals surface area contributed by atoms with Gasteiger partial charge in [-0.05, 0) is 31.6 Å². The molecule has 0 N–H and O–H groups in total. The molecule has 0 unspecified atom stereocenters. The summed E-state index contributed by atoms with van der Waals surface area (Å²) in [5, 5.41) is 0. The predicted molar refractivity (Wildman–Crippen MR) is 85.8 cm³/mol. The first-order valence-electron chi connectivity index (χ1n) is 7.43. The number of allylic oxidation sites excluding steroid dienone is 5. The second-order valence-corrected chi connectivity index (χ2v) is 5.46. The summed E-state index contributed by atoms with van der Waals surface area (Å²) in [4.78, 5) is 4.98. The van der Waals surface area contributed by atoms with Crippen LogP contribution in [0.15, 0.2) is 65.9 Å². The number of rotatable bonds is 2. The van der Waals surface area contributed by atoms with Crippen molar-refractivity contribution in [1.29, 1.82) is 0 Å². The third-order valence-corrected chi connectivity index (χ3v) is 4.05. The fourth-order valence-corrected chi connectivity index (χ4v) is 2.81. The molecule has 2 heteroatoms. The van der Waals surface area contributed by atoms with Gasteiger partial charge in [-0.25, -0.2) is 0 Å². The van der Waals surface area contributed by atoms with Crippen molar-refractivity contribution in [1.82, 2.24) is 4.90 Å². The fraction of sp³-hybridized carbons (Fsp3) is 0.333. The summed E-state index contributed by atoms with van der Waals surface area (Å²) in [5.74, 6) is 0. The fourth-order valence-electron chi connectivity index (χ4n) is 2.81. The molecule has 2 nitrogen and oxygen atoms in total. The molecule has 0 radical (unpaired) electrons. The number of nitrogens with zero attached hydrogens (tertiary/aromatic N) is 2. The minimum Gasteiger partial charge on any atom is -0.368 e. The molecule has 1 aliphatic heterocycles. The summed E-state index contributed by atoms with van der Waals surface area (Å²) >= 11 is 0. The van der Waals surface area contributed by atoms with E-state index in [0.717, 1.165) is 32.6 Å². The van der Waals surface area contributed by atoms with E-state index >= 15 is 0 Å². The minimum absolute atomic E-state index is 1.05. The van der Waals surface area contributed by atoms with Crippen LogP contribution in [0.3, 0.4) is 0 Å². The lowest BCUT2D eigenvalue weighted by Gasteiger charge is -2.37. The first-order chi connectivity index (χ1) is 9.83. The summed E-state index contributed by atoms with van der Waals surface area (Å²) < 4.78 is 0. The molecule has 20 heavy (non-hydrogen) atoms. The molecular formula is C18H22N2. The summed E-state index contributed by atoms with van der Waals surface area (Å²) in [6.07, 6.45) is 10.2. The predicted octanol–water partition coefficient (Wildman–Crippen LogP) is 3.60. The molecule has 0 amide bonds. The molecule has 1 heterocycles. The van der Waals surface area contributed by atoms with Gasteiger partial charge in [0.2, 0.25) is 0 Å². The molecule has 1 saturated heterocycles. The van der Waals surface area contributed by atoms with Crippen molar-refractivity contribution in [3.8, 4) is 0 Å². The Kier molecular flexibility index (Phi) is 3.91. The normalized spacial score (nSPS) is 19.4. The lowest BCUT2D eigenvalue weighted by molar-refractivity contribution is 0.330. The second kappa shape index (κ2) is 6.00. The highest BCUT2D eigenvalue weighted by atomic mass is 15.3. The largest absolute Gasteiger partial charge is 0.368 e. The van der Waals surface area contributed by atoms with Gasteiger partial charge in [-0.2, -0.15) is 0 Å². The lowest BCUT2D eigenvalue weighted by atomic mass is 10.2. The molecule has 1 fully saturated rings. The van der Waals surface area contributed by atoms with E-state index in [4.69, 9.17) is 0 Å². The molecule has 104 valence electrons. The van der Waals surface area contributed by atoms with Gasteiger partial charge in [-0.15, -0.1) is 0 Å². The summed E-state index contributed by atoms with van der Waals surface area (Å²) in [6, 6.07) is 10.7. The highest BCUT2D eigenvalue weighted by Gasteiger charge is 2.17. The summed E-state index contributed by atoms with van der Waals surface area (Å²) in [7, 11) is 0. The van der Waals surface area contributed by atoms with Crippen LogP contribution in [0.25, 0.3) is 0 Å². The Morgan fingerprint density at radius 3 is 2.25 bits per heavy atom. The Hall–Kier alpha value is -1.96. The van der Waals surface area contributed by atoms with Crippen LogP contribution in [0.5, 0.6) is 0 Å². The lowest BCUT2D eigenvalue weighted by Crippen LogP contribution is -2.45.